The molecule has 0 fully saturated rings. The molecule has 9 nitrogen and oxygen atoms in total. The van der Waals surface area contributed by atoms with Crippen molar-refractivity contribution in [3.05, 3.63) is 78.2 Å². The minimum Gasteiger partial charge on any atom is -0.468 e. The first-order valence-electron chi connectivity index (χ1n) is 11.6. The van der Waals surface area contributed by atoms with E-state index in [0.717, 1.165) is 24.1 Å². The minimum absolute atomic E-state index is 0.200. The molecule has 10 heteroatoms. The first-order chi connectivity index (χ1) is 17.5. The topological polar surface area (TPSA) is 105 Å². The third-order valence-corrected chi connectivity index (χ3v) is 6.23. The molecule has 186 valence electrons. The van der Waals surface area contributed by atoms with Crippen molar-refractivity contribution < 1.29 is 9.53 Å². The van der Waals surface area contributed by atoms with Crippen LogP contribution in [-0.4, -0.2) is 58.2 Å². The smallest absolute Gasteiger partial charge is 0.259 e. The Morgan fingerprint density at radius 1 is 1.11 bits per heavy atom. The van der Waals surface area contributed by atoms with E-state index in [4.69, 9.17) is 4.74 Å². The Morgan fingerprint density at radius 3 is 2.64 bits per heavy atom. The number of nitrogens with zero attached hydrogens (tertiary/aromatic N) is 5. The number of hydrogen-bond donors (Lipinski definition) is 2. The summed E-state index contributed by atoms with van der Waals surface area (Å²) in [5.74, 6) is 0.127. The van der Waals surface area contributed by atoms with Gasteiger partial charge in [0.25, 0.3) is 5.91 Å². The lowest BCUT2D eigenvalue weighted by atomic mass is 10.1. The van der Waals surface area contributed by atoms with Crippen molar-refractivity contribution in [2.75, 3.05) is 37.8 Å². The lowest BCUT2D eigenvalue weighted by Crippen LogP contribution is -2.17. The van der Waals surface area contributed by atoms with Crippen LogP contribution in [0.3, 0.4) is 0 Å². The highest BCUT2D eigenvalue weighted by molar-refractivity contribution is 7.18. The van der Waals surface area contributed by atoms with Crippen LogP contribution < -0.4 is 15.4 Å². The van der Waals surface area contributed by atoms with Gasteiger partial charge in [-0.05, 0) is 57.7 Å². The molecule has 0 saturated carbocycles. The van der Waals surface area contributed by atoms with Crippen molar-refractivity contribution in [1.29, 1.82) is 0 Å². The van der Waals surface area contributed by atoms with Gasteiger partial charge in [0.2, 0.25) is 11.0 Å². The number of amides is 1. The lowest BCUT2D eigenvalue weighted by Gasteiger charge is -2.18. The summed E-state index contributed by atoms with van der Waals surface area (Å²) in [6.07, 6.45) is 5.62. The molecule has 36 heavy (non-hydrogen) atoms. The van der Waals surface area contributed by atoms with Crippen LogP contribution in [0.25, 0.3) is 10.6 Å². The van der Waals surface area contributed by atoms with Gasteiger partial charge in [-0.25, -0.2) is 4.98 Å². The van der Waals surface area contributed by atoms with Gasteiger partial charge in [0.05, 0.1) is 11.3 Å². The van der Waals surface area contributed by atoms with E-state index in [9.17, 15) is 4.79 Å². The molecular formula is C26H29N7O2S. The molecule has 4 aromatic rings. The summed E-state index contributed by atoms with van der Waals surface area (Å²) < 4.78 is 6.17. The predicted molar refractivity (Wildman–Crippen MR) is 142 cm³/mol. The number of aromatic nitrogens is 4. The van der Waals surface area contributed by atoms with Gasteiger partial charge in [0.15, 0.2) is 0 Å². The molecule has 0 aliphatic carbocycles. The molecule has 0 saturated heterocycles. The molecular weight excluding hydrogens is 474 g/mol. The zero-order chi connectivity index (χ0) is 25.3. The minimum atomic E-state index is -0.320. The first-order valence-corrected chi connectivity index (χ1v) is 12.5. The number of nitrogens with one attached hydrogen (secondary N) is 2. The summed E-state index contributed by atoms with van der Waals surface area (Å²) in [6.45, 7) is 3.63. The van der Waals surface area contributed by atoms with E-state index in [1.165, 1.54) is 17.5 Å². The van der Waals surface area contributed by atoms with Crippen LogP contribution >= 0.6 is 11.3 Å². The molecule has 0 aliphatic rings. The summed E-state index contributed by atoms with van der Waals surface area (Å²) in [6, 6.07) is 15.4. The summed E-state index contributed by atoms with van der Waals surface area (Å²) in [5.41, 5.74) is 2.99. The fraction of sp³-hybridized carbons (Fsp3) is 0.269. The molecule has 4 rings (SSSR count). The molecule has 3 heterocycles. The lowest BCUT2D eigenvalue weighted by molar-refractivity contribution is 0.102. The van der Waals surface area contributed by atoms with Crippen LogP contribution in [0, 0.1) is 0 Å². The largest absolute Gasteiger partial charge is 0.468 e. The second-order valence-corrected chi connectivity index (χ2v) is 9.41. The molecule has 1 atom stereocenters. The number of carbonyl (C=O) groups excluding carboxylic acids is 1. The van der Waals surface area contributed by atoms with Crippen molar-refractivity contribution >= 4 is 28.1 Å². The highest BCUT2D eigenvalue weighted by Gasteiger charge is 2.17. The monoisotopic (exact) mass is 503 g/mol. The van der Waals surface area contributed by atoms with Gasteiger partial charge in [-0.1, -0.05) is 41.7 Å². The average Bonchev–Trinajstić information content (AvgIpc) is 3.36. The summed E-state index contributed by atoms with van der Waals surface area (Å²) in [4.78, 5) is 23.6. The number of rotatable bonds is 11. The van der Waals surface area contributed by atoms with Crippen molar-refractivity contribution in [1.82, 2.24) is 25.1 Å². The van der Waals surface area contributed by atoms with Crippen LogP contribution in [0.4, 0.5) is 10.8 Å². The van der Waals surface area contributed by atoms with Crippen LogP contribution in [-0.2, 0) is 0 Å². The molecule has 0 aliphatic heterocycles. The van der Waals surface area contributed by atoms with Crippen molar-refractivity contribution in [2.24, 2.45) is 0 Å². The standard InChI is InChI=1S/C26H29N7O2S/c1-18(19-8-5-4-6-9-19)35-24-22(28-12-7-15-33(2)3)16-21(17-29-24)23(34)30-26-32-31-25(36-26)20-10-13-27-14-11-20/h4-6,8-11,13-14,16-18,28H,7,12,15H2,1-3H3,(H,30,32,34)/t18-/m0/s1. The second-order valence-electron chi connectivity index (χ2n) is 8.43. The molecule has 0 bridgehead atoms. The average molecular weight is 504 g/mol. The number of anilines is 2. The van der Waals surface area contributed by atoms with Gasteiger partial charge < -0.3 is 15.0 Å². The number of benzene rings is 1. The highest BCUT2D eigenvalue weighted by Crippen LogP contribution is 2.29. The van der Waals surface area contributed by atoms with Gasteiger partial charge in [-0.15, -0.1) is 10.2 Å². The third kappa shape index (κ3) is 6.83. The van der Waals surface area contributed by atoms with Gasteiger partial charge in [-0.3, -0.25) is 15.1 Å². The molecule has 0 unspecified atom stereocenters. The van der Waals surface area contributed by atoms with Crippen LogP contribution in [0.15, 0.2) is 67.1 Å². The van der Waals surface area contributed by atoms with E-state index in [1.54, 1.807) is 18.5 Å². The van der Waals surface area contributed by atoms with E-state index >= 15 is 0 Å². The predicted octanol–water partition coefficient (Wildman–Crippen LogP) is 4.75. The van der Waals surface area contributed by atoms with Crippen LogP contribution in [0.2, 0.25) is 0 Å². The maximum absolute atomic E-state index is 13.0. The number of pyridine rings is 2. The maximum Gasteiger partial charge on any atom is 0.259 e. The van der Waals surface area contributed by atoms with Gasteiger partial charge in [0.1, 0.15) is 11.1 Å². The Balaban J connectivity index is 1.49. The molecule has 1 amide bonds. The number of ether oxygens (including phenoxy) is 1. The molecule has 0 spiro atoms. The fourth-order valence-electron chi connectivity index (χ4n) is 3.43. The number of carbonyl (C=O) groups is 1. The Bertz CT molecular complexity index is 1270. The third-order valence-electron chi connectivity index (χ3n) is 5.34. The fourth-order valence-corrected chi connectivity index (χ4v) is 4.17. The van der Waals surface area contributed by atoms with Crippen LogP contribution in [0.5, 0.6) is 5.88 Å². The molecule has 3 aromatic heterocycles. The van der Waals surface area contributed by atoms with E-state index < -0.39 is 0 Å². The zero-order valence-electron chi connectivity index (χ0n) is 20.5. The van der Waals surface area contributed by atoms with E-state index in [1.807, 2.05) is 63.5 Å². The molecule has 0 radical (unpaired) electrons. The molecule has 2 N–H and O–H groups in total. The SMILES string of the molecule is C[C@H](Oc1ncc(C(=O)Nc2nnc(-c3ccncc3)s2)cc1NCCCN(C)C)c1ccccc1. The van der Waals surface area contributed by atoms with Crippen molar-refractivity contribution in [3.8, 4) is 16.5 Å². The highest BCUT2D eigenvalue weighted by atomic mass is 32.1. The van der Waals surface area contributed by atoms with E-state index in [-0.39, 0.29) is 12.0 Å². The van der Waals surface area contributed by atoms with Crippen LogP contribution in [0.1, 0.15) is 35.4 Å². The Morgan fingerprint density at radius 2 is 1.89 bits per heavy atom. The van der Waals surface area contributed by atoms with E-state index in [2.05, 4.69) is 35.7 Å². The maximum atomic E-state index is 13.0. The van der Waals surface area contributed by atoms with Crippen molar-refractivity contribution in [3.63, 3.8) is 0 Å². The summed E-state index contributed by atoms with van der Waals surface area (Å²) in [5, 5.41) is 15.6. The van der Waals surface area contributed by atoms with Gasteiger partial charge >= 0.3 is 0 Å². The summed E-state index contributed by atoms with van der Waals surface area (Å²) in [7, 11) is 4.08. The van der Waals surface area contributed by atoms with Gasteiger partial charge in [0, 0.05) is 30.7 Å². The Labute approximate surface area is 214 Å². The quantitative estimate of drug-likeness (QED) is 0.283. The summed E-state index contributed by atoms with van der Waals surface area (Å²) >= 11 is 1.29. The van der Waals surface area contributed by atoms with Gasteiger partial charge in [-0.2, -0.15) is 0 Å². The first kappa shape index (κ1) is 25.2. The zero-order valence-corrected chi connectivity index (χ0v) is 21.3. The second kappa shape index (κ2) is 12.2. The van der Waals surface area contributed by atoms with E-state index in [0.29, 0.717) is 33.8 Å². The van der Waals surface area contributed by atoms with Crippen molar-refractivity contribution in [2.45, 2.75) is 19.4 Å². The Hall–Kier alpha value is -3.89. The molecule has 1 aromatic carbocycles. The number of hydrogen-bond acceptors (Lipinski definition) is 9. The normalized spacial score (nSPS) is 11.8. The Kier molecular flexibility index (Phi) is 8.53.